The first-order valence-corrected chi connectivity index (χ1v) is 11.1. The number of carbonyl (C=O) groups excluding carboxylic acids is 1. The highest BCUT2D eigenvalue weighted by Crippen LogP contribution is 2.61. The molecule has 2 fully saturated rings. The van der Waals surface area contributed by atoms with Crippen LogP contribution >= 0.6 is 11.6 Å². The fraction of sp³-hybridized carbons (Fsp3) is 0.269. The number of aromatic hydroxyl groups is 1. The molecule has 3 aromatic rings. The molecule has 0 bridgehead atoms. The van der Waals surface area contributed by atoms with E-state index in [4.69, 9.17) is 11.6 Å². The third-order valence-corrected chi connectivity index (χ3v) is 7.34. The number of aliphatic hydroxyl groups is 1. The molecule has 1 saturated heterocycles. The zero-order valence-electron chi connectivity index (χ0n) is 17.3. The minimum Gasteiger partial charge on any atom is -0.508 e. The second kappa shape index (κ2) is 7.61. The fourth-order valence-electron chi connectivity index (χ4n) is 5.29. The molecule has 1 spiro atoms. The third kappa shape index (κ3) is 3.28. The first kappa shape index (κ1) is 21.0. The first-order chi connectivity index (χ1) is 15.3. The van der Waals surface area contributed by atoms with Gasteiger partial charge in [0.05, 0.1) is 17.1 Å². The Bertz CT molecular complexity index is 1140. The molecule has 6 heteroatoms. The maximum atomic E-state index is 13.6. The number of β-lactam (4-membered cyclic amide) rings is 1. The van der Waals surface area contributed by atoms with Crippen molar-refractivity contribution in [2.45, 2.75) is 37.3 Å². The maximum Gasteiger partial charge on any atom is 0.236 e. The summed E-state index contributed by atoms with van der Waals surface area (Å²) >= 11 is 6.00. The van der Waals surface area contributed by atoms with Gasteiger partial charge in [-0.1, -0.05) is 35.9 Å². The molecule has 0 radical (unpaired) electrons. The van der Waals surface area contributed by atoms with E-state index in [1.807, 2.05) is 24.3 Å². The molecule has 3 aromatic carbocycles. The molecule has 1 saturated carbocycles. The lowest BCUT2D eigenvalue weighted by Crippen LogP contribution is -2.65. The molecule has 4 nitrogen and oxygen atoms in total. The molecule has 2 aliphatic rings. The molecular weight excluding hydrogens is 429 g/mol. The lowest BCUT2D eigenvalue weighted by Gasteiger charge is -2.59. The number of hydrogen-bond donors (Lipinski definition) is 2. The molecule has 1 aliphatic carbocycles. The second-order valence-corrected chi connectivity index (χ2v) is 9.28. The predicted octanol–water partition coefficient (Wildman–Crippen LogP) is 5.72. The number of anilines is 1. The van der Waals surface area contributed by atoms with E-state index >= 15 is 0 Å². The van der Waals surface area contributed by atoms with E-state index in [9.17, 15) is 19.4 Å². The van der Waals surface area contributed by atoms with Gasteiger partial charge in [-0.15, -0.1) is 0 Å². The van der Waals surface area contributed by atoms with Crippen LogP contribution in [-0.2, 0) is 10.4 Å². The Morgan fingerprint density at radius 3 is 2.06 bits per heavy atom. The summed E-state index contributed by atoms with van der Waals surface area (Å²) in [6, 6.07) is 19.8. The topological polar surface area (TPSA) is 60.8 Å². The van der Waals surface area contributed by atoms with Crippen LogP contribution < -0.4 is 4.90 Å². The van der Waals surface area contributed by atoms with Crippen LogP contribution in [-0.4, -0.2) is 16.1 Å². The van der Waals surface area contributed by atoms with Crippen LogP contribution in [0.4, 0.5) is 10.1 Å². The summed E-state index contributed by atoms with van der Waals surface area (Å²) in [6.45, 7) is 0. The SMILES string of the molecule is O=C1N(c2ccc(F)cc2)[C@@H](c2ccc(O)cc2)C12CCC(O)(c1ccc(Cl)cc1)CC2. The Kier molecular flexibility index (Phi) is 4.99. The van der Waals surface area contributed by atoms with E-state index < -0.39 is 11.0 Å². The summed E-state index contributed by atoms with van der Waals surface area (Å²) in [7, 11) is 0. The van der Waals surface area contributed by atoms with E-state index in [0.29, 0.717) is 36.4 Å². The Balaban J connectivity index is 1.48. The van der Waals surface area contributed by atoms with Gasteiger partial charge in [-0.25, -0.2) is 4.39 Å². The summed E-state index contributed by atoms with van der Waals surface area (Å²) in [5.41, 5.74) is 0.693. The molecule has 32 heavy (non-hydrogen) atoms. The molecule has 5 rings (SSSR count). The van der Waals surface area contributed by atoms with E-state index in [-0.39, 0.29) is 23.5 Å². The van der Waals surface area contributed by atoms with Gasteiger partial charge in [-0.05, 0) is 85.3 Å². The summed E-state index contributed by atoms with van der Waals surface area (Å²) < 4.78 is 13.5. The van der Waals surface area contributed by atoms with E-state index in [2.05, 4.69) is 0 Å². The summed E-state index contributed by atoms with van der Waals surface area (Å²) in [5, 5.41) is 21.7. The van der Waals surface area contributed by atoms with Gasteiger partial charge in [-0.2, -0.15) is 0 Å². The average molecular weight is 452 g/mol. The van der Waals surface area contributed by atoms with Crippen molar-refractivity contribution in [2.75, 3.05) is 4.90 Å². The number of phenols is 1. The van der Waals surface area contributed by atoms with Crippen LogP contribution in [0.15, 0.2) is 72.8 Å². The monoisotopic (exact) mass is 451 g/mol. The van der Waals surface area contributed by atoms with Crippen LogP contribution in [0.2, 0.25) is 5.02 Å². The Morgan fingerprint density at radius 1 is 0.875 bits per heavy atom. The van der Waals surface area contributed by atoms with Crippen LogP contribution in [0.3, 0.4) is 0 Å². The number of rotatable bonds is 3. The number of hydrogen-bond acceptors (Lipinski definition) is 3. The first-order valence-electron chi connectivity index (χ1n) is 10.7. The van der Waals surface area contributed by atoms with Crippen molar-refractivity contribution < 1.29 is 19.4 Å². The number of halogens is 2. The highest BCUT2D eigenvalue weighted by atomic mass is 35.5. The molecule has 164 valence electrons. The van der Waals surface area contributed by atoms with E-state index in [0.717, 1.165) is 11.1 Å². The fourth-order valence-corrected chi connectivity index (χ4v) is 5.42. The molecular formula is C26H23ClFNO3. The van der Waals surface area contributed by atoms with Crippen molar-refractivity contribution in [3.63, 3.8) is 0 Å². The number of phenolic OH excluding ortho intramolecular Hbond substituents is 1. The van der Waals surface area contributed by atoms with E-state index in [1.54, 1.807) is 41.3 Å². The number of amides is 1. The number of carbonyl (C=O) groups is 1. The Morgan fingerprint density at radius 2 is 1.47 bits per heavy atom. The van der Waals surface area contributed by atoms with Gasteiger partial charge >= 0.3 is 0 Å². The van der Waals surface area contributed by atoms with Crippen molar-refractivity contribution in [1.29, 1.82) is 0 Å². The van der Waals surface area contributed by atoms with Crippen LogP contribution in [0.5, 0.6) is 5.75 Å². The molecule has 1 heterocycles. The number of benzene rings is 3. The van der Waals surface area contributed by atoms with Gasteiger partial charge in [0, 0.05) is 10.7 Å². The molecule has 0 unspecified atom stereocenters. The van der Waals surface area contributed by atoms with Gasteiger partial charge in [0.1, 0.15) is 11.6 Å². The maximum absolute atomic E-state index is 13.6. The highest BCUT2D eigenvalue weighted by Gasteiger charge is 2.63. The summed E-state index contributed by atoms with van der Waals surface area (Å²) in [5.74, 6) is -0.216. The Hall–Kier alpha value is -2.89. The third-order valence-electron chi connectivity index (χ3n) is 7.09. The zero-order valence-corrected chi connectivity index (χ0v) is 18.1. The molecule has 2 N–H and O–H groups in total. The lowest BCUT2D eigenvalue weighted by atomic mass is 9.56. The second-order valence-electron chi connectivity index (χ2n) is 8.84. The molecule has 1 amide bonds. The van der Waals surface area contributed by atoms with Gasteiger partial charge in [0.25, 0.3) is 0 Å². The number of nitrogens with zero attached hydrogens (tertiary/aromatic N) is 1. The van der Waals surface area contributed by atoms with E-state index in [1.165, 1.54) is 12.1 Å². The van der Waals surface area contributed by atoms with Gasteiger partial charge in [0.2, 0.25) is 5.91 Å². The van der Waals surface area contributed by atoms with Crippen LogP contribution in [0.1, 0.15) is 42.9 Å². The quantitative estimate of drug-likeness (QED) is 0.500. The van der Waals surface area contributed by atoms with Crippen molar-refractivity contribution in [3.8, 4) is 5.75 Å². The smallest absolute Gasteiger partial charge is 0.236 e. The standard InChI is InChI=1S/C26H23ClFNO3/c27-19-5-3-18(4-6-19)26(32)15-13-25(14-16-26)23(17-1-11-22(30)12-2-17)29(24(25)31)21-9-7-20(28)8-10-21/h1-12,23,30,32H,13-16H2/t23-,25?,26?/m0/s1. The molecule has 1 aliphatic heterocycles. The highest BCUT2D eigenvalue weighted by molar-refractivity contribution is 6.30. The largest absolute Gasteiger partial charge is 0.508 e. The zero-order chi connectivity index (χ0) is 22.5. The normalized spacial score (nSPS) is 27.4. The van der Waals surface area contributed by atoms with Crippen molar-refractivity contribution in [3.05, 3.63) is 94.8 Å². The molecule has 1 atom stereocenters. The van der Waals surface area contributed by atoms with Gasteiger partial charge in [0.15, 0.2) is 0 Å². The summed E-state index contributed by atoms with van der Waals surface area (Å²) in [6.07, 6.45) is 1.95. The minimum atomic E-state index is -1.01. The van der Waals surface area contributed by atoms with Gasteiger partial charge < -0.3 is 15.1 Å². The van der Waals surface area contributed by atoms with Crippen molar-refractivity contribution in [2.24, 2.45) is 5.41 Å². The Labute approximate surface area is 190 Å². The lowest BCUT2D eigenvalue weighted by molar-refractivity contribution is -0.149. The van der Waals surface area contributed by atoms with Crippen LogP contribution in [0, 0.1) is 11.2 Å². The summed E-state index contributed by atoms with van der Waals surface area (Å²) in [4.78, 5) is 15.3. The van der Waals surface area contributed by atoms with Crippen molar-refractivity contribution in [1.82, 2.24) is 0 Å². The molecule has 0 aromatic heterocycles. The average Bonchev–Trinajstić information content (AvgIpc) is 2.80. The van der Waals surface area contributed by atoms with Crippen LogP contribution in [0.25, 0.3) is 0 Å². The van der Waals surface area contributed by atoms with Gasteiger partial charge in [-0.3, -0.25) is 4.79 Å². The predicted molar refractivity (Wildman–Crippen MR) is 121 cm³/mol. The minimum absolute atomic E-state index is 0.0136. The van der Waals surface area contributed by atoms with Crippen molar-refractivity contribution >= 4 is 23.2 Å².